The number of nitrogens with one attached hydrogen (secondary N) is 2. The van der Waals surface area contributed by atoms with Crippen molar-refractivity contribution in [3.63, 3.8) is 0 Å². The van der Waals surface area contributed by atoms with Gasteiger partial charge in [-0.2, -0.15) is 0 Å². The third-order valence-corrected chi connectivity index (χ3v) is 4.58. The van der Waals surface area contributed by atoms with Crippen LogP contribution < -0.4 is 14.8 Å². The Morgan fingerprint density at radius 1 is 1.53 bits per heavy atom. The molecule has 0 amide bonds. The summed E-state index contributed by atoms with van der Waals surface area (Å²) in [6.45, 7) is 2.08. The summed E-state index contributed by atoms with van der Waals surface area (Å²) in [5.41, 5.74) is 0. The smallest absolute Gasteiger partial charge is 0.240 e. The van der Waals surface area contributed by atoms with Crippen molar-refractivity contribution in [2.75, 3.05) is 26.7 Å². The number of benzene rings is 1. The fraction of sp³-hybridized carbons (Fsp3) is 0.500. The molecule has 1 aliphatic rings. The summed E-state index contributed by atoms with van der Waals surface area (Å²) in [6.07, 6.45) is 0.944. The highest BCUT2D eigenvalue weighted by Gasteiger charge is 2.20. The Balaban J connectivity index is 2.08. The summed E-state index contributed by atoms with van der Waals surface area (Å²) < 4.78 is 44.8. The van der Waals surface area contributed by atoms with Crippen LogP contribution in [0.2, 0.25) is 0 Å². The maximum atomic E-state index is 13.5. The largest absolute Gasteiger partial charge is 0.494 e. The third kappa shape index (κ3) is 3.43. The van der Waals surface area contributed by atoms with E-state index in [-0.39, 0.29) is 16.6 Å². The van der Waals surface area contributed by atoms with Gasteiger partial charge in [0.05, 0.1) is 12.0 Å². The van der Waals surface area contributed by atoms with Crippen LogP contribution >= 0.6 is 0 Å². The van der Waals surface area contributed by atoms with Crippen LogP contribution in [0.25, 0.3) is 0 Å². The van der Waals surface area contributed by atoms with Crippen LogP contribution in [0.5, 0.6) is 5.75 Å². The highest BCUT2D eigenvalue weighted by atomic mass is 32.2. The van der Waals surface area contributed by atoms with Crippen molar-refractivity contribution in [1.82, 2.24) is 10.0 Å². The van der Waals surface area contributed by atoms with Crippen LogP contribution in [0.3, 0.4) is 0 Å². The van der Waals surface area contributed by atoms with E-state index in [0.29, 0.717) is 6.54 Å². The normalized spacial score (nSPS) is 19.6. The van der Waals surface area contributed by atoms with Crippen molar-refractivity contribution in [2.24, 2.45) is 5.92 Å². The van der Waals surface area contributed by atoms with Gasteiger partial charge in [-0.05, 0) is 43.6 Å². The van der Waals surface area contributed by atoms with Crippen LogP contribution in [0, 0.1) is 11.7 Å². The van der Waals surface area contributed by atoms with E-state index in [9.17, 15) is 12.8 Å². The van der Waals surface area contributed by atoms with Gasteiger partial charge in [-0.25, -0.2) is 17.5 Å². The topological polar surface area (TPSA) is 67.4 Å². The number of hydrogen-bond acceptors (Lipinski definition) is 4. The SMILES string of the molecule is COc1ccc(S(=O)(=O)NCC2CCNC2)cc1F. The van der Waals surface area contributed by atoms with Gasteiger partial charge in [0.25, 0.3) is 0 Å². The van der Waals surface area contributed by atoms with Crippen molar-refractivity contribution < 1.29 is 17.5 Å². The van der Waals surface area contributed by atoms with E-state index in [0.717, 1.165) is 25.6 Å². The predicted molar refractivity (Wildman–Crippen MR) is 69.1 cm³/mol. The molecular weight excluding hydrogens is 271 g/mol. The second kappa shape index (κ2) is 5.85. The van der Waals surface area contributed by atoms with Crippen LogP contribution in [0.15, 0.2) is 23.1 Å². The Morgan fingerprint density at radius 3 is 2.89 bits per heavy atom. The molecule has 2 rings (SSSR count). The number of halogens is 1. The van der Waals surface area contributed by atoms with Crippen molar-refractivity contribution in [3.8, 4) is 5.75 Å². The number of hydrogen-bond donors (Lipinski definition) is 2. The monoisotopic (exact) mass is 288 g/mol. The molecule has 1 atom stereocenters. The number of methoxy groups -OCH3 is 1. The van der Waals surface area contributed by atoms with E-state index in [1.165, 1.54) is 19.2 Å². The minimum Gasteiger partial charge on any atom is -0.494 e. The molecule has 0 aliphatic carbocycles. The van der Waals surface area contributed by atoms with Gasteiger partial charge >= 0.3 is 0 Å². The van der Waals surface area contributed by atoms with E-state index in [1.807, 2.05) is 0 Å². The lowest BCUT2D eigenvalue weighted by Gasteiger charge is -2.11. The second-order valence-corrected chi connectivity index (χ2v) is 6.27. The predicted octanol–water partition coefficient (Wildman–Crippen LogP) is 0.722. The number of sulfonamides is 1. The minimum atomic E-state index is -3.67. The third-order valence-electron chi connectivity index (χ3n) is 3.16. The van der Waals surface area contributed by atoms with Crippen LogP contribution in [-0.4, -0.2) is 35.2 Å². The van der Waals surface area contributed by atoms with E-state index < -0.39 is 15.8 Å². The van der Waals surface area contributed by atoms with Crippen molar-refractivity contribution in [1.29, 1.82) is 0 Å². The van der Waals surface area contributed by atoms with Crippen LogP contribution in [0.4, 0.5) is 4.39 Å². The molecule has 1 heterocycles. The molecule has 1 fully saturated rings. The van der Waals surface area contributed by atoms with Crippen molar-refractivity contribution >= 4 is 10.0 Å². The summed E-state index contributed by atoms with van der Waals surface area (Å²) in [6, 6.07) is 3.60. The van der Waals surface area contributed by atoms with Crippen LogP contribution in [0.1, 0.15) is 6.42 Å². The average molecular weight is 288 g/mol. The Bertz CT molecular complexity index is 542. The molecule has 7 heteroatoms. The van der Waals surface area contributed by atoms with Gasteiger partial charge < -0.3 is 10.1 Å². The molecule has 1 aromatic rings. The zero-order valence-electron chi connectivity index (χ0n) is 10.6. The quantitative estimate of drug-likeness (QED) is 0.838. The van der Waals surface area contributed by atoms with Gasteiger partial charge in [0.1, 0.15) is 0 Å². The fourth-order valence-corrected chi connectivity index (χ4v) is 3.14. The summed E-state index contributed by atoms with van der Waals surface area (Å²) >= 11 is 0. The molecular formula is C12H17FN2O3S. The Labute approximate surface area is 112 Å². The summed E-state index contributed by atoms with van der Waals surface area (Å²) in [7, 11) is -2.34. The molecule has 106 valence electrons. The van der Waals surface area contributed by atoms with Gasteiger partial charge in [0.2, 0.25) is 10.0 Å². The second-order valence-electron chi connectivity index (χ2n) is 4.51. The fourth-order valence-electron chi connectivity index (χ4n) is 2.01. The van der Waals surface area contributed by atoms with Crippen molar-refractivity contribution in [3.05, 3.63) is 24.0 Å². The molecule has 1 saturated heterocycles. The average Bonchev–Trinajstić information content (AvgIpc) is 2.89. The lowest BCUT2D eigenvalue weighted by atomic mass is 10.1. The molecule has 0 radical (unpaired) electrons. The Morgan fingerprint density at radius 2 is 2.32 bits per heavy atom. The molecule has 0 spiro atoms. The van der Waals surface area contributed by atoms with Gasteiger partial charge in [-0.3, -0.25) is 0 Å². The summed E-state index contributed by atoms with van der Waals surface area (Å²) in [4.78, 5) is -0.0863. The first kappa shape index (κ1) is 14.2. The molecule has 19 heavy (non-hydrogen) atoms. The molecule has 1 unspecified atom stereocenters. The highest BCUT2D eigenvalue weighted by Crippen LogP contribution is 2.20. The molecule has 0 bridgehead atoms. The van der Waals surface area contributed by atoms with Gasteiger partial charge in [-0.1, -0.05) is 0 Å². The minimum absolute atomic E-state index is 0.0268. The number of ether oxygens (including phenoxy) is 1. The lowest BCUT2D eigenvalue weighted by Crippen LogP contribution is -2.30. The number of rotatable bonds is 5. The zero-order valence-corrected chi connectivity index (χ0v) is 11.5. The summed E-state index contributed by atoms with van der Waals surface area (Å²) in [5, 5.41) is 3.16. The van der Waals surface area contributed by atoms with Gasteiger partial charge in [-0.15, -0.1) is 0 Å². The molecule has 1 aliphatic heterocycles. The molecule has 1 aromatic carbocycles. The zero-order chi connectivity index (χ0) is 13.9. The van der Waals surface area contributed by atoms with E-state index in [1.54, 1.807) is 0 Å². The van der Waals surface area contributed by atoms with Crippen LogP contribution in [-0.2, 0) is 10.0 Å². The van der Waals surface area contributed by atoms with Crippen molar-refractivity contribution in [2.45, 2.75) is 11.3 Å². The summed E-state index contributed by atoms with van der Waals surface area (Å²) in [5.74, 6) is -0.371. The Hall–Kier alpha value is -1.18. The van der Waals surface area contributed by atoms with E-state index in [4.69, 9.17) is 4.74 Å². The molecule has 2 N–H and O–H groups in total. The highest BCUT2D eigenvalue weighted by molar-refractivity contribution is 7.89. The molecule has 0 saturated carbocycles. The first-order chi connectivity index (χ1) is 9.03. The maximum Gasteiger partial charge on any atom is 0.240 e. The molecule has 0 aromatic heterocycles. The van der Waals surface area contributed by atoms with Gasteiger partial charge in [0, 0.05) is 6.54 Å². The Kier molecular flexibility index (Phi) is 4.38. The lowest BCUT2D eigenvalue weighted by molar-refractivity contribution is 0.385. The van der Waals surface area contributed by atoms with E-state index >= 15 is 0 Å². The van der Waals surface area contributed by atoms with Gasteiger partial charge in [0.15, 0.2) is 11.6 Å². The van der Waals surface area contributed by atoms with E-state index in [2.05, 4.69) is 10.0 Å². The standard InChI is InChI=1S/C12H17FN2O3S/c1-18-12-3-2-10(6-11(12)13)19(16,17)15-8-9-4-5-14-7-9/h2-3,6,9,14-15H,4-5,7-8H2,1H3. The first-order valence-corrected chi connectivity index (χ1v) is 7.55. The molecule has 5 nitrogen and oxygen atoms in total. The maximum absolute atomic E-state index is 13.5. The first-order valence-electron chi connectivity index (χ1n) is 6.07.